The van der Waals surface area contributed by atoms with Crippen LogP contribution in [0.25, 0.3) is 0 Å². The third kappa shape index (κ3) is 2.91. The van der Waals surface area contributed by atoms with E-state index in [2.05, 4.69) is 6.92 Å². The summed E-state index contributed by atoms with van der Waals surface area (Å²) in [5.74, 6) is 1.93. The van der Waals surface area contributed by atoms with Crippen LogP contribution in [-0.2, 0) is 0 Å². The van der Waals surface area contributed by atoms with Gasteiger partial charge in [-0.3, -0.25) is 0 Å². The van der Waals surface area contributed by atoms with Gasteiger partial charge in [0, 0.05) is 6.07 Å². The van der Waals surface area contributed by atoms with E-state index in [1.165, 1.54) is 12.8 Å². The molecule has 2 nitrogen and oxygen atoms in total. The largest absolute Gasteiger partial charge is 0.508 e. The minimum absolute atomic E-state index is 0.291. The maximum atomic E-state index is 9.49. The van der Waals surface area contributed by atoms with Crippen LogP contribution in [0.15, 0.2) is 18.2 Å². The number of ether oxygens (including phenoxy) is 1. The van der Waals surface area contributed by atoms with Crippen molar-refractivity contribution >= 4 is 0 Å². The summed E-state index contributed by atoms with van der Waals surface area (Å²) in [5, 5.41) is 9.49. The van der Waals surface area contributed by atoms with Crippen LogP contribution in [0.4, 0.5) is 0 Å². The van der Waals surface area contributed by atoms with Gasteiger partial charge in [-0.05, 0) is 56.2 Å². The maximum Gasteiger partial charge on any atom is 0.123 e. The summed E-state index contributed by atoms with van der Waals surface area (Å²) in [4.78, 5) is 0. The van der Waals surface area contributed by atoms with Gasteiger partial charge in [0.05, 0.1) is 6.10 Å². The van der Waals surface area contributed by atoms with Crippen molar-refractivity contribution in [1.82, 2.24) is 0 Å². The van der Waals surface area contributed by atoms with Gasteiger partial charge in [0.15, 0.2) is 0 Å². The molecule has 1 aromatic rings. The first-order valence-electron chi connectivity index (χ1n) is 6.11. The van der Waals surface area contributed by atoms with Crippen molar-refractivity contribution in [2.45, 2.75) is 45.6 Å². The number of phenolic OH excluding ortho intramolecular Hbond substituents is 1. The normalized spacial score (nSPS) is 25.4. The molecule has 0 saturated heterocycles. The zero-order chi connectivity index (χ0) is 11.5. The van der Waals surface area contributed by atoms with Gasteiger partial charge in [-0.1, -0.05) is 6.92 Å². The Balaban J connectivity index is 1.98. The Kier molecular flexibility index (Phi) is 3.37. The Morgan fingerprint density at radius 3 is 2.44 bits per heavy atom. The number of benzene rings is 1. The summed E-state index contributed by atoms with van der Waals surface area (Å²) in [6, 6.07) is 5.43. The second kappa shape index (κ2) is 4.77. The molecule has 1 N–H and O–H groups in total. The van der Waals surface area contributed by atoms with Gasteiger partial charge in [-0.2, -0.15) is 0 Å². The third-order valence-corrected chi connectivity index (χ3v) is 3.30. The lowest BCUT2D eigenvalue weighted by Gasteiger charge is -2.27. The van der Waals surface area contributed by atoms with Crippen LogP contribution in [0.5, 0.6) is 11.5 Å². The fourth-order valence-corrected chi connectivity index (χ4v) is 2.34. The van der Waals surface area contributed by atoms with Gasteiger partial charge < -0.3 is 9.84 Å². The highest BCUT2D eigenvalue weighted by Gasteiger charge is 2.19. The van der Waals surface area contributed by atoms with Crippen molar-refractivity contribution in [3.05, 3.63) is 23.8 Å². The predicted molar refractivity (Wildman–Crippen MR) is 64.9 cm³/mol. The van der Waals surface area contributed by atoms with E-state index in [9.17, 15) is 5.11 Å². The summed E-state index contributed by atoms with van der Waals surface area (Å²) >= 11 is 0. The van der Waals surface area contributed by atoms with Crippen molar-refractivity contribution in [3.8, 4) is 11.5 Å². The molecule has 0 heterocycles. The fraction of sp³-hybridized carbons (Fsp3) is 0.571. The molecule has 1 fully saturated rings. The summed E-state index contributed by atoms with van der Waals surface area (Å²) in [6.07, 6.45) is 5.11. The molecule has 0 aromatic heterocycles. The molecular weight excluding hydrogens is 200 g/mol. The van der Waals surface area contributed by atoms with E-state index in [0.717, 1.165) is 30.1 Å². The molecule has 0 spiro atoms. The van der Waals surface area contributed by atoms with E-state index >= 15 is 0 Å². The molecule has 1 aliphatic carbocycles. The molecule has 88 valence electrons. The van der Waals surface area contributed by atoms with Crippen molar-refractivity contribution < 1.29 is 9.84 Å². The standard InChI is InChI=1S/C14H20O2/c1-10-3-5-13(6-4-10)16-14-8-11(2)7-12(15)9-14/h7-10,13,15H,3-6H2,1-2H3. The number of aromatic hydroxyl groups is 1. The lowest BCUT2D eigenvalue weighted by molar-refractivity contribution is 0.135. The Hall–Kier alpha value is -1.18. The number of hydrogen-bond donors (Lipinski definition) is 1. The van der Waals surface area contributed by atoms with Crippen LogP contribution in [0.2, 0.25) is 0 Å². The smallest absolute Gasteiger partial charge is 0.123 e. The number of rotatable bonds is 2. The van der Waals surface area contributed by atoms with E-state index in [0.29, 0.717) is 11.9 Å². The Morgan fingerprint density at radius 1 is 1.12 bits per heavy atom. The van der Waals surface area contributed by atoms with Crippen LogP contribution in [-0.4, -0.2) is 11.2 Å². The van der Waals surface area contributed by atoms with Crippen molar-refractivity contribution in [2.75, 3.05) is 0 Å². The Morgan fingerprint density at radius 2 is 1.81 bits per heavy atom. The number of aryl methyl sites for hydroxylation is 1. The number of hydrogen-bond acceptors (Lipinski definition) is 2. The predicted octanol–water partition coefficient (Wildman–Crippen LogP) is 3.66. The molecule has 2 rings (SSSR count). The van der Waals surface area contributed by atoms with Crippen LogP contribution in [0.1, 0.15) is 38.2 Å². The molecule has 0 bridgehead atoms. The van der Waals surface area contributed by atoms with E-state index in [1.54, 1.807) is 12.1 Å². The maximum absolute atomic E-state index is 9.49. The molecule has 0 amide bonds. The van der Waals surface area contributed by atoms with Crippen LogP contribution < -0.4 is 4.74 Å². The van der Waals surface area contributed by atoms with Crippen LogP contribution in [0, 0.1) is 12.8 Å². The van der Waals surface area contributed by atoms with E-state index < -0.39 is 0 Å². The zero-order valence-electron chi connectivity index (χ0n) is 10.1. The lowest BCUT2D eigenvalue weighted by atomic mass is 9.89. The van der Waals surface area contributed by atoms with Crippen molar-refractivity contribution in [1.29, 1.82) is 0 Å². The monoisotopic (exact) mass is 220 g/mol. The molecule has 0 unspecified atom stereocenters. The van der Waals surface area contributed by atoms with Crippen molar-refractivity contribution in [3.63, 3.8) is 0 Å². The first-order chi connectivity index (χ1) is 7.63. The zero-order valence-corrected chi connectivity index (χ0v) is 10.1. The Labute approximate surface area is 97.3 Å². The summed E-state index contributed by atoms with van der Waals surface area (Å²) in [6.45, 7) is 4.27. The van der Waals surface area contributed by atoms with E-state index in [4.69, 9.17) is 4.74 Å². The van der Waals surface area contributed by atoms with Gasteiger partial charge in [0.1, 0.15) is 11.5 Å². The van der Waals surface area contributed by atoms with Gasteiger partial charge in [0.2, 0.25) is 0 Å². The van der Waals surface area contributed by atoms with Crippen LogP contribution in [0.3, 0.4) is 0 Å². The molecule has 0 radical (unpaired) electrons. The van der Waals surface area contributed by atoms with Gasteiger partial charge in [-0.15, -0.1) is 0 Å². The topological polar surface area (TPSA) is 29.5 Å². The molecule has 2 heteroatoms. The van der Waals surface area contributed by atoms with Crippen LogP contribution >= 0.6 is 0 Å². The van der Waals surface area contributed by atoms with E-state index in [-0.39, 0.29) is 0 Å². The second-order valence-electron chi connectivity index (χ2n) is 5.00. The number of phenols is 1. The highest BCUT2D eigenvalue weighted by molar-refractivity contribution is 5.36. The highest BCUT2D eigenvalue weighted by atomic mass is 16.5. The minimum atomic E-state index is 0.291. The van der Waals surface area contributed by atoms with Gasteiger partial charge in [-0.25, -0.2) is 0 Å². The Bertz CT molecular complexity index is 332. The third-order valence-electron chi connectivity index (χ3n) is 3.30. The fourth-order valence-electron chi connectivity index (χ4n) is 2.34. The molecular formula is C14H20O2. The molecule has 16 heavy (non-hydrogen) atoms. The quantitative estimate of drug-likeness (QED) is 0.824. The SMILES string of the molecule is Cc1cc(O)cc(OC2CCC(C)CC2)c1. The van der Waals surface area contributed by atoms with E-state index in [1.807, 2.05) is 13.0 Å². The summed E-state index contributed by atoms with van der Waals surface area (Å²) < 4.78 is 5.91. The highest BCUT2D eigenvalue weighted by Crippen LogP contribution is 2.29. The second-order valence-corrected chi connectivity index (χ2v) is 5.00. The average Bonchev–Trinajstić information content (AvgIpc) is 2.20. The first kappa shape index (κ1) is 11.3. The summed E-state index contributed by atoms with van der Waals surface area (Å²) in [7, 11) is 0. The first-order valence-corrected chi connectivity index (χ1v) is 6.11. The van der Waals surface area contributed by atoms with Gasteiger partial charge in [0.25, 0.3) is 0 Å². The minimum Gasteiger partial charge on any atom is -0.508 e. The molecule has 1 aromatic carbocycles. The van der Waals surface area contributed by atoms with Gasteiger partial charge >= 0.3 is 0 Å². The van der Waals surface area contributed by atoms with Crippen molar-refractivity contribution in [2.24, 2.45) is 5.92 Å². The lowest BCUT2D eigenvalue weighted by Crippen LogP contribution is -2.23. The molecule has 1 saturated carbocycles. The molecule has 0 atom stereocenters. The molecule has 1 aliphatic rings. The average molecular weight is 220 g/mol. The molecule has 0 aliphatic heterocycles. The summed E-state index contributed by atoms with van der Waals surface area (Å²) in [5.41, 5.74) is 1.04.